The minimum Gasteiger partial charge on any atom is -0.462 e. The molecule has 2 aromatic carbocycles. The number of carbonyl (C=O) groups excluding carboxylic acids is 2. The summed E-state index contributed by atoms with van der Waals surface area (Å²) >= 11 is 0. The number of carbonyl (C=O) groups is 2. The van der Waals surface area contributed by atoms with Crippen LogP contribution in [-0.4, -0.2) is 49.2 Å². The predicted octanol–water partition coefficient (Wildman–Crippen LogP) is 5.16. The molecule has 0 saturated heterocycles. The molecule has 43 heavy (non-hydrogen) atoms. The maximum absolute atomic E-state index is 13.9. The summed E-state index contributed by atoms with van der Waals surface area (Å²) in [4.78, 5) is 34.9. The topological polar surface area (TPSA) is 119 Å². The SMILES string of the molecule is CCOC(=O)c1cnc(N2Cc3cc(C(=O)NCc4ccc(S(=O)(=O)CC)cc4)ccc3[C@H](C(C)C)C2)nc1C(F)(F)F. The van der Waals surface area contributed by atoms with E-state index in [9.17, 15) is 31.2 Å². The average Bonchev–Trinajstić information content (AvgIpc) is 2.98. The van der Waals surface area contributed by atoms with Crippen molar-refractivity contribution in [2.45, 2.75) is 57.8 Å². The molecule has 1 N–H and O–H groups in total. The molecular weight excluding hydrogens is 585 g/mol. The van der Waals surface area contributed by atoms with Crippen molar-refractivity contribution in [2.24, 2.45) is 5.92 Å². The minimum absolute atomic E-state index is 0.00890. The van der Waals surface area contributed by atoms with Crippen molar-refractivity contribution in [3.63, 3.8) is 0 Å². The fourth-order valence-electron chi connectivity index (χ4n) is 4.94. The Bertz CT molecular complexity index is 1610. The van der Waals surface area contributed by atoms with Crippen LogP contribution in [0.5, 0.6) is 0 Å². The molecule has 13 heteroatoms. The Morgan fingerprint density at radius 2 is 1.81 bits per heavy atom. The van der Waals surface area contributed by atoms with Crippen molar-refractivity contribution in [3.05, 3.63) is 82.2 Å². The molecule has 1 aromatic heterocycles. The van der Waals surface area contributed by atoms with Gasteiger partial charge in [-0.25, -0.2) is 23.2 Å². The van der Waals surface area contributed by atoms with Gasteiger partial charge in [-0.15, -0.1) is 0 Å². The summed E-state index contributed by atoms with van der Waals surface area (Å²) in [6.07, 6.45) is -4.06. The van der Waals surface area contributed by atoms with Gasteiger partial charge in [0.25, 0.3) is 5.91 Å². The molecule has 1 atom stereocenters. The normalized spacial score (nSPS) is 15.3. The summed E-state index contributed by atoms with van der Waals surface area (Å²) in [6, 6.07) is 11.6. The first-order valence-corrected chi connectivity index (χ1v) is 15.5. The Morgan fingerprint density at radius 3 is 2.42 bits per heavy atom. The number of benzene rings is 2. The molecule has 1 amide bonds. The molecule has 0 aliphatic carbocycles. The molecule has 3 aromatic rings. The zero-order chi connectivity index (χ0) is 31.5. The van der Waals surface area contributed by atoms with Gasteiger partial charge in [0.15, 0.2) is 15.5 Å². The van der Waals surface area contributed by atoms with Gasteiger partial charge in [-0.2, -0.15) is 13.2 Å². The molecule has 0 radical (unpaired) electrons. The van der Waals surface area contributed by atoms with Crippen LogP contribution < -0.4 is 10.2 Å². The zero-order valence-electron chi connectivity index (χ0n) is 24.2. The summed E-state index contributed by atoms with van der Waals surface area (Å²) in [5, 5.41) is 2.83. The van der Waals surface area contributed by atoms with Crippen LogP contribution in [0.15, 0.2) is 53.6 Å². The number of ether oxygens (including phenoxy) is 1. The molecule has 0 saturated carbocycles. The van der Waals surface area contributed by atoms with E-state index in [-0.39, 0.29) is 54.0 Å². The third-order valence-corrected chi connectivity index (χ3v) is 9.08. The number of hydrogen-bond donors (Lipinski definition) is 1. The molecular formula is C30H33F3N4O5S. The maximum Gasteiger partial charge on any atom is 0.434 e. The zero-order valence-corrected chi connectivity index (χ0v) is 25.1. The first kappa shape index (κ1) is 31.9. The molecule has 0 spiro atoms. The van der Waals surface area contributed by atoms with E-state index in [1.54, 1.807) is 36.1 Å². The Hall–Kier alpha value is -4.00. The molecule has 9 nitrogen and oxygen atoms in total. The smallest absolute Gasteiger partial charge is 0.434 e. The molecule has 2 heterocycles. The van der Waals surface area contributed by atoms with E-state index < -0.39 is 33.2 Å². The van der Waals surface area contributed by atoms with Crippen molar-refractivity contribution in [2.75, 3.05) is 23.8 Å². The van der Waals surface area contributed by atoms with Crippen molar-refractivity contribution >= 4 is 27.7 Å². The number of nitrogens with zero attached hydrogens (tertiary/aromatic N) is 3. The van der Waals surface area contributed by atoms with Crippen LogP contribution in [0.4, 0.5) is 19.1 Å². The number of hydrogen-bond acceptors (Lipinski definition) is 8. The van der Waals surface area contributed by atoms with Crippen LogP contribution in [0.25, 0.3) is 0 Å². The first-order chi connectivity index (χ1) is 20.2. The Balaban J connectivity index is 1.58. The molecule has 4 rings (SSSR count). The Kier molecular flexibility index (Phi) is 9.43. The number of aromatic nitrogens is 2. The molecule has 0 bridgehead atoms. The van der Waals surface area contributed by atoms with E-state index in [1.807, 2.05) is 19.9 Å². The number of nitrogens with one attached hydrogen (secondary N) is 1. The lowest BCUT2D eigenvalue weighted by Gasteiger charge is -2.37. The number of anilines is 1. The van der Waals surface area contributed by atoms with Gasteiger partial charge in [-0.1, -0.05) is 39.0 Å². The van der Waals surface area contributed by atoms with Gasteiger partial charge < -0.3 is 15.0 Å². The first-order valence-electron chi connectivity index (χ1n) is 13.8. The van der Waals surface area contributed by atoms with E-state index in [4.69, 9.17) is 4.74 Å². The summed E-state index contributed by atoms with van der Waals surface area (Å²) in [6.45, 7) is 7.64. The highest BCUT2D eigenvalue weighted by atomic mass is 32.2. The number of alkyl halides is 3. The Morgan fingerprint density at radius 1 is 1.12 bits per heavy atom. The fraction of sp³-hybridized carbons (Fsp3) is 0.400. The minimum atomic E-state index is -4.90. The highest BCUT2D eigenvalue weighted by Gasteiger charge is 2.40. The molecule has 0 unspecified atom stereocenters. The fourth-order valence-corrected chi connectivity index (χ4v) is 5.82. The third kappa shape index (κ3) is 7.15. The summed E-state index contributed by atoms with van der Waals surface area (Å²) < 4.78 is 70.5. The second-order valence-corrected chi connectivity index (χ2v) is 12.8. The summed E-state index contributed by atoms with van der Waals surface area (Å²) in [7, 11) is -3.33. The van der Waals surface area contributed by atoms with Crippen LogP contribution in [0.1, 0.15) is 76.7 Å². The van der Waals surface area contributed by atoms with Gasteiger partial charge in [0, 0.05) is 37.3 Å². The summed E-state index contributed by atoms with van der Waals surface area (Å²) in [5.41, 5.74) is 0.694. The molecule has 1 aliphatic heterocycles. The van der Waals surface area contributed by atoms with Gasteiger partial charge in [-0.3, -0.25) is 4.79 Å². The van der Waals surface area contributed by atoms with Crippen LogP contribution in [-0.2, 0) is 33.8 Å². The van der Waals surface area contributed by atoms with Gasteiger partial charge in [0.05, 0.1) is 17.3 Å². The van der Waals surface area contributed by atoms with E-state index >= 15 is 0 Å². The van der Waals surface area contributed by atoms with E-state index in [1.165, 1.54) is 19.1 Å². The standard InChI is InChI=1S/C30H33F3N4O5S/c1-5-42-28(39)24-15-35-29(36-26(24)30(31,32)33)37-16-21-13-20(9-12-23(21)25(17-37)18(3)4)27(38)34-14-19-7-10-22(11-8-19)43(40,41)6-2/h7-13,15,18,25H,5-6,14,16-17H2,1-4H3,(H,34,38)/t25-/m0/s1. The molecule has 230 valence electrons. The highest BCUT2D eigenvalue weighted by Crippen LogP contribution is 2.37. The van der Waals surface area contributed by atoms with Crippen molar-refractivity contribution < 1.29 is 35.9 Å². The van der Waals surface area contributed by atoms with Crippen molar-refractivity contribution in [1.82, 2.24) is 15.3 Å². The van der Waals surface area contributed by atoms with E-state index in [2.05, 4.69) is 15.3 Å². The lowest BCUT2D eigenvalue weighted by molar-refractivity contribution is -0.141. The largest absolute Gasteiger partial charge is 0.462 e. The van der Waals surface area contributed by atoms with Gasteiger partial charge in [0.2, 0.25) is 5.95 Å². The monoisotopic (exact) mass is 618 g/mol. The number of sulfone groups is 1. The van der Waals surface area contributed by atoms with E-state index in [0.717, 1.165) is 22.9 Å². The average molecular weight is 619 g/mol. The number of rotatable bonds is 9. The van der Waals surface area contributed by atoms with Gasteiger partial charge in [0.1, 0.15) is 5.56 Å². The van der Waals surface area contributed by atoms with Crippen LogP contribution in [0, 0.1) is 5.92 Å². The third-order valence-electron chi connectivity index (χ3n) is 7.33. The quantitative estimate of drug-likeness (QED) is 0.327. The Labute approximate surface area is 248 Å². The highest BCUT2D eigenvalue weighted by molar-refractivity contribution is 7.91. The number of esters is 1. The summed E-state index contributed by atoms with van der Waals surface area (Å²) in [5.74, 6) is -1.67. The number of halogens is 3. The lowest BCUT2D eigenvalue weighted by atomic mass is 9.82. The van der Waals surface area contributed by atoms with Crippen LogP contribution >= 0.6 is 0 Å². The van der Waals surface area contributed by atoms with Crippen molar-refractivity contribution in [3.8, 4) is 0 Å². The maximum atomic E-state index is 13.9. The van der Waals surface area contributed by atoms with Crippen LogP contribution in [0.2, 0.25) is 0 Å². The second-order valence-electron chi connectivity index (χ2n) is 10.5. The molecule has 1 aliphatic rings. The number of amides is 1. The van der Waals surface area contributed by atoms with E-state index in [0.29, 0.717) is 12.1 Å². The van der Waals surface area contributed by atoms with Crippen LogP contribution in [0.3, 0.4) is 0 Å². The lowest BCUT2D eigenvalue weighted by Crippen LogP contribution is -2.37. The molecule has 0 fully saturated rings. The van der Waals surface area contributed by atoms with Crippen molar-refractivity contribution in [1.29, 1.82) is 0 Å². The number of fused-ring (bicyclic) bond motifs is 1. The predicted molar refractivity (Wildman–Crippen MR) is 153 cm³/mol. The second kappa shape index (κ2) is 12.7. The van der Waals surface area contributed by atoms with Gasteiger partial charge in [-0.05, 0) is 53.8 Å². The van der Waals surface area contributed by atoms with Gasteiger partial charge >= 0.3 is 12.1 Å².